The third-order valence-corrected chi connectivity index (χ3v) is 4.08. The zero-order valence-corrected chi connectivity index (χ0v) is 16.6. The van der Waals surface area contributed by atoms with Crippen LogP contribution in [0.5, 0.6) is 0 Å². The number of hydrogen-bond donors (Lipinski definition) is 0. The van der Waals surface area contributed by atoms with E-state index in [0.717, 1.165) is 0 Å². The average Bonchev–Trinajstić information content (AvgIpc) is 2.63. The fraction of sp³-hybridized carbons (Fsp3) is 0.182. The molecule has 0 aliphatic heterocycles. The number of amides is 1. The Hall–Kier alpha value is -3.08. The van der Waals surface area contributed by atoms with Gasteiger partial charge in [0.2, 0.25) is 0 Å². The van der Waals surface area contributed by atoms with E-state index in [9.17, 15) is 4.79 Å². The van der Waals surface area contributed by atoms with Crippen molar-refractivity contribution in [3.05, 3.63) is 66.2 Å². The number of benzene rings is 2. The lowest BCUT2D eigenvalue weighted by Crippen LogP contribution is -2.26. The molecule has 4 heteroatoms. The van der Waals surface area contributed by atoms with Crippen LogP contribution in [0.25, 0.3) is 0 Å². The largest absolute Gasteiger partial charge is 0.278 e. The highest BCUT2D eigenvalue weighted by atomic mass is 28.3. The summed E-state index contributed by atoms with van der Waals surface area (Å²) >= 11 is 0. The summed E-state index contributed by atoms with van der Waals surface area (Å²) in [5, 5.41) is 5.81. The minimum atomic E-state index is -1.44. The van der Waals surface area contributed by atoms with E-state index in [1.807, 2.05) is 48.5 Å². The Kier molecular flexibility index (Phi) is 6.55. The monoisotopic (exact) mass is 358 g/mol. The normalized spacial score (nSPS) is 10.8. The molecule has 0 saturated heterocycles. The number of anilines is 1. The van der Waals surface area contributed by atoms with E-state index in [0.29, 0.717) is 17.0 Å². The van der Waals surface area contributed by atoms with Gasteiger partial charge in [0.15, 0.2) is 0 Å². The highest BCUT2D eigenvalue weighted by Gasteiger charge is 2.17. The van der Waals surface area contributed by atoms with Gasteiger partial charge in [-0.15, -0.1) is 5.54 Å². The number of rotatable bonds is 3. The number of hydrazone groups is 1. The van der Waals surface area contributed by atoms with E-state index < -0.39 is 8.07 Å². The van der Waals surface area contributed by atoms with Crippen LogP contribution < -0.4 is 5.01 Å². The molecule has 0 fully saturated rings. The van der Waals surface area contributed by atoms with Gasteiger partial charge in [-0.3, -0.25) is 4.79 Å². The second-order valence-corrected chi connectivity index (χ2v) is 11.5. The molecular formula is C22H22N2OSi. The molecule has 3 nitrogen and oxygen atoms in total. The quantitative estimate of drug-likeness (QED) is 0.342. The van der Waals surface area contributed by atoms with Crippen LogP contribution in [-0.4, -0.2) is 19.7 Å². The van der Waals surface area contributed by atoms with Crippen LogP contribution in [0.2, 0.25) is 19.6 Å². The van der Waals surface area contributed by atoms with Gasteiger partial charge in [-0.25, -0.2) is 0 Å². The highest BCUT2D eigenvalue weighted by molar-refractivity contribution is 6.83. The molecule has 0 unspecified atom stereocenters. The molecule has 0 N–H and O–H groups in total. The molecule has 0 bridgehead atoms. The van der Waals surface area contributed by atoms with Crippen molar-refractivity contribution in [2.75, 3.05) is 5.01 Å². The highest BCUT2D eigenvalue weighted by Crippen LogP contribution is 2.17. The van der Waals surface area contributed by atoms with Gasteiger partial charge in [-0.1, -0.05) is 56.0 Å². The van der Waals surface area contributed by atoms with Crippen molar-refractivity contribution in [2.24, 2.45) is 5.10 Å². The molecule has 0 aliphatic carbocycles. The molecule has 1 amide bonds. The summed E-state index contributed by atoms with van der Waals surface area (Å²) in [6.45, 7) is 8.27. The minimum Gasteiger partial charge on any atom is -0.267 e. The standard InChI is InChI=1S/C22H22N2OSi/c1-19(13-11-12-18-26(2,3)4)23-24(21-16-9-6-10-17-21)22(25)20-14-7-5-8-15-20/h5-10,14-17H,1-4H3/b23-19-. The number of nitrogens with zero attached hydrogens (tertiary/aromatic N) is 2. The maximum Gasteiger partial charge on any atom is 0.278 e. The maximum absolute atomic E-state index is 12.9. The molecule has 2 aromatic carbocycles. The zero-order chi connectivity index (χ0) is 19.0. The van der Waals surface area contributed by atoms with E-state index in [2.05, 4.69) is 48.0 Å². The molecule has 0 atom stereocenters. The van der Waals surface area contributed by atoms with Crippen molar-refractivity contribution in [2.45, 2.75) is 26.6 Å². The number of carbonyl (C=O) groups is 1. The molecule has 0 heterocycles. The predicted molar refractivity (Wildman–Crippen MR) is 112 cm³/mol. The van der Waals surface area contributed by atoms with Gasteiger partial charge in [-0.05, 0) is 49.0 Å². The molecule has 0 aromatic heterocycles. The first-order valence-electron chi connectivity index (χ1n) is 8.40. The summed E-state index contributed by atoms with van der Waals surface area (Å²) in [4.78, 5) is 12.9. The summed E-state index contributed by atoms with van der Waals surface area (Å²) in [6, 6.07) is 18.4. The Bertz CT molecular complexity index is 905. The van der Waals surface area contributed by atoms with Crippen molar-refractivity contribution in [1.82, 2.24) is 0 Å². The Morgan fingerprint density at radius 3 is 2.08 bits per heavy atom. The molecule has 26 heavy (non-hydrogen) atoms. The predicted octanol–water partition coefficient (Wildman–Crippen LogP) is 4.59. The third-order valence-electron chi connectivity index (χ3n) is 3.21. The Labute approximate surface area is 156 Å². The molecular weight excluding hydrogens is 336 g/mol. The maximum atomic E-state index is 12.9. The number of carbonyl (C=O) groups excluding carboxylic acids is 1. The fourth-order valence-corrected chi connectivity index (χ4v) is 2.45. The van der Waals surface area contributed by atoms with Crippen LogP contribution >= 0.6 is 0 Å². The van der Waals surface area contributed by atoms with Crippen molar-refractivity contribution >= 4 is 25.4 Å². The van der Waals surface area contributed by atoms with Crippen molar-refractivity contribution in [3.63, 3.8) is 0 Å². The molecule has 2 rings (SSSR count). The van der Waals surface area contributed by atoms with E-state index >= 15 is 0 Å². The Morgan fingerprint density at radius 1 is 0.923 bits per heavy atom. The van der Waals surface area contributed by atoms with Crippen LogP contribution in [0.15, 0.2) is 65.8 Å². The number of para-hydroxylation sites is 1. The van der Waals surface area contributed by atoms with Crippen LogP contribution in [0.4, 0.5) is 5.69 Å². The van der Waals surface area contributed by atoms with E-state index in [1.165, 1.54) is 5.01 Å². The summed E-state index contributed by atoms with van der Waals surface area (Å²) < 4.78 is 0. The van der Waals surface area contributed by atoms with E-state index in [4.69, 9.17) is 0 Å². The fourth-order valence-electron chi connectivity index (χ4n) is 2.01. The van der Waals surface area contributed by atoms with Crippen molar-refractivity contribution in [1.29, 1.82) is 0 Å². The Morgan fingerprint density at radius 2 is 1.50 bits per heavy atom. The molecule has 0 aliphatic rings. The Balaban J connectivity index is 2.34. The van der Waals surface area contributed by atoms with Crippen LogP contribution in [0.3, 0.4) is 0 Å². The second-order valence-electron chi connectivity index (χ2n) is 6.75. The number of hydrogen-bond acceptors (Lipinski definition) is 2. The third kappa shape index (κ3) is 6.09. The smallest absolute Gasteiger partial charge is 0.267 e. The molecule has 0 spiro atoms. The lowest BCUT2D eigenvalue weighted by atomic mass is 10.2. The van der Waals surface area contributed by atoms with Gasteiger partial charge in [-0.2, -0.15) is 10.1 Å². The SMILES string of the molecule is C/C(C#CC#C[Si](C)(C)C)=N/N(C(=O)c1ccccc1)c1ccccc1. The van der Waals surface area contributed by atoms with E-state index in [1.54, 1.807) is 19.1 Å². The lowest BCUT2D eigenvalue weighted by Gasteiger charge is -2.17. The van der Waals surface area contributed by atoms with Gasteiger partial charge >= 0.3 is 0 Å². The molecule has 0 radical (unpaired) electrons. The molecule has 130 valence electrons. The van der Waals surface area contributed by atoms with Crippen LogP contribution in [0.1, 0.15) is 17.3 Å². The molecule has 0 saturated carbocycles. The summed E-state index contributed by atoms with van der Waals surface area (Å²) in [5.41, 5.74) is 4.98. The van der Waals surface area contributed by atoms with E-state index in [-0.39, 0.29) is 5.91 Å². The van der Waals surface area contributed by atoms with Gasteiger partial charge in [0, 0.05) is 5.56 Å². The summed E-state index contributed by atoms with van der Waals surface area (Å²) in [6.07, 6.45) is 0. The van der Waals surface area contributed by atoms with Gasteiger partial charge in [0.05, 0.1) is 5.69 Å². The lowest BCUT2D eigenvalue weighted by molar-refractivity contribution is 0.0987. The first-order valence-corrected chi connectivity index (χ1v) is 11.9. The summed E-state index contributed by atoms with van der Waals surface area (Å²) in [7, 11) is -1.44. The topological polar surface area (TPSA) is 32.7 Å². The van der Waals surface area contributed by atoms with Gasteiger partial charge in [0.1, 0.15) is 13.8 Å². The minimum absolute atomic E-state index is 0.203. The van der Waals surface area contributed by atoms with Crippen molar-refractivity contribution < 1.29 is 4.79 Å². The van der Waals surface area contributed by atoms with Crippen LogP contribution in [-0.2, 0) is 0 Å². The van der Waals surface area contributed by atoms with Gasteiger partial charge in [0.25, 0.3) is 5.91 Å². The van der Waals surface area contributed by atoms with Gasteiger partial charge < -0.3 is 0 Å². The first kappa shape index (κ1) is 19.2. The second kappa shape index (κ2) is 8.85. The van der Waals surface area contributed by atoms with Crippen LogP contribution in [0, 0.1) is 23.3 Å². The summed E-state index contributed by atoms with van der Waals surface area (Å²) in [5.74, 6) is 8.44. The molecule has 2 aromatic rings. The average molecular weight is 359 g/mol. The zero-order valence-electron chi connectivity index (χ0n) is 15.6. The van der Waals surface area contributed by atoms with Crippen molar-refractivity contribution in [3.8, 4) is 23.3 Å². The first-order chi connectivity index (χ1) is 12.4.